The lowest BCUT2D eigenvalue weighted by Gasteiger charge is -2.27. The van der Waals surface area contributed by atoms with Gasteiger partial charge in [0, 0.05) is 27.7 Å². The fourth-order valence-corrected chi connectivity index (χ4v) is 4.54. The van der Waals surface area contributed by atoms with Crippen LogP contribution in [0.25, 0.3) is 11.3 Å². The summed E-state index contributed by atoms with van der Waals surface area (Å²) < 4.78 is 5.62. The third-order valence-corrected chi connectivity index (χ3v) is 6.35. The van der Waals surface area contributed by atoms with Gasteiger partial charge in [-0.25, -0.2) is 0 Å². The number of fused-ring (bicyclic) bond motifs is 1. The molecule has 0 spiro atoms. The quantitative estimate of drug-likeness (QED) is 0.333. The molecule has 1 aliphatic rings. The molecular formula is C26H21Cl2N3O3. The van der Waals surface area contributed by atoms with E-state index in [-0.39, 0.29) is 11.7 Å². The topological polar surface area (TPSA) is 78.5 Å². The third kappa shape index (κ3) is 4.00. The van der Waals surface area contributed by atoms with Crippen molar-refractivity contribution >= 4 is 29.1 Å². The minimum atomic E-state index is -0.442. The number of aromatic amines is 1. The predicted molar refractivity (Wildman–Crippen MR) is 131 cm³/mol. The molecule has 2 heterocycles. The molecule has 8 heteroatoms. The van der Waals surface area contributed by atoms with Crippen LogP contribution in [0.1, 0.15) is 40.1 Å². The van der Waals surface area contributed by atoms with Crippen molar-refractivity contribution in [3.63, 3.8) is 0 Å². The van der Waals surface area contributed by atoms with Crippen molar-refractivity contribution in [1.29, 1.82) is 0 Å². The van der Waals surface area contributed by atoms with Gasteiger partial charge in [0.05, 0.1) is 18.3 Å². The van der Waals surface area contributed by atoms with E-state index in [1.165, 1.54) is 0 Å². The minimum Gasteiger partial charge on any atom is -0.504 e. The summed E-state index contributed by atoms with van der Waals surface area (Å²) in [5, 5.41) is 18.9. The Kier molecular flexibility index (Phi) is 5.94. The monoisotopic (exact) mass is 493 g/mol. The molecule has 0 saturated heterocycles. The minimum absolute atomic E-state index is 0.0458. The van der Waals surface area contributed by atoms with Gasteiger partial charge in [0.1, 0.15) is 5.69 Å². The second kappa shape index (κ2) is 9.05. The Morgan fingerprint density at radius 1 is 1.03 bits per heavy atom. The highest BCUT2D eigenvalue weighted by atomic mass is 35.5. The van der Waals surface area contributed by atoms with Gasteiger partial charge in [0.25, 0.3) is 5.91 Å². The molecule has 1 aliphatic heterocycles. The van der Waals surface area contributed by atoms with Crippen molar-refractivity contribution in [2.45, 2.75) is 19.5 Å². The lowest BCUT2D eigenvalue weighted by atomic mass is 9.95. The Labute approximate surface area is 206 Å². The number of carbonyl (C=O) groups is 1. The number of rotatable bonds is 6. The number of nitrogens with zero attached hydrogens (tertiary/aromatic N) is 2. The molecule has 0 radical (unpaired) electrons. The number of H-pyrrole nitrogens is 1. The van der Waals surface area contributed by atoms with Gasteiger partial charge in [-0.2, -0.15) is 5.10 Å². The predicted octanol–water partition coefficient (Wildman–Crippen LogP) is 6.23. The molecule has 172 valence electrons. The molecule has 0 fully saturated rings. The zero-order valence-electron chi connectivity index (χ0n) is 18.3. The standard InChI is InChI=1S/C26H21Cl2N3O3/c1-2-34-21-13-17(7-12-20(21)32)25-22-23(16-5-10-19(28)11-6-16)29-30-24(22)26(33)31(25)14-15-3-8-18(27)9-4-15/h3-13,25,32H,2,14H2,1H3,(H,29,30). The second-order valence-electron chi connectivity index (χ2n) is 7.99. The molecule has 4 aromatic rings. The van der Waals surface area contributed by atoms with Crippen LogP contribution in [0.4, 0.5) is 0 Å². The summed E-state index contributed by atoms with van der Waals surface area (Å²) in [4.78, 5) is 15.3. The fraction of sp³-hybridized carbons (Fsp3) is 0.154. The van der Waals surface area contributed by atoms with Gasteiger partial charge >= 0.3 is 0 Å². The van der Waals surface area contributed by atoms with E-state index in [1.807, 2.05) is 31.2 Å². The first-order valence-electron chi connectivity index (χ1n) is 10.8. The van der Waals surface area contributed by atoms with Gasteiger partial charge in [0.15, 0.2) is 11.5 Å². The number of aromatic nitrogens is 2. The van der Waals surface area contributed by atoms with Gasteiger partial charge in [-0.05, 0) is 54.4 Å². The number of amides is 1. The maximum Gasteiger partial charge on any atom is 0.273 e. The zero-order chi connectivity index (χ0) is 23.8. The van der Waals surface area contributed by atoms with Crippen LogP contribution in [0.2, 0.25) is 10.0 Å². The van der Waals surface area contributed by atoms with Crippen molar-refractivity contribution < 1.29 is 14.6 Å². The molecule has 0 bridgehead atoms. The van der Waals surface area contributed by atoms with Crippen molar-refractivity contribution in [3.8, 4) is 22.8 Å². The van der Waals surface area contributed by atoms with Crippen LogP contribution in [0.3, 0.4) is 0 Å². The number of phenols is 1. The Morgan fingerprint density at radius 3 is 2.38 bits per heavy atom. The number of aromatic hydroxyl groups is 1. The second-order valence-corrected chi connectivity index (χ2v) is 8.86. The first kappa shape index (κ1) is 22.3. The van der Waals surface area contributed by atoms with Crippen LogP contribution in [0, 0.1) is 0 Å². The molecular weight excluding hydrogens is 473 g/mol. The lowest BCUT2D eigenvalue weighted by Crippen LogP contribution is -2.29. The van der Waals surface area contributed by atoms with E-state index in [2.05, 4.69) is 10.2 Å². The number of carbonyl (C=O) groups excluding carboxylic acids is 1. The van der Waals surface area contributed by atoms with Crippen LogP contribution < -0.4 is 4.74 Å². The third-order valence-electron chi connectivity index (χ3n) is 5.85. The smallest absolute Gasteiger partial charge is 0.273 e. The highest BCUT2D eigenvalue weighted by Crippen LogP contribution is 2.45. The number of halogens is 2. The number of hydrogen-bond donors (Lipinski definition) is 2. The fourth-order valence-electron chi connectivity index (χ4n) is 4.29. The molecule has 2 N–H and O–H groups in total. The molecule has 1 atom stereocenters. The summed E-state index contributed by atoms with van der Waals surface area (Å²) in [7, 11) is 0. The van der Waals surface area contributed by atoms with E-state index in [0.29, 0.717) is 40.3 Å². The molecule has 5 rings (SSSR count). The first-order valence-corrected chi connectivity index (χ1v) is 11.6. The number of ether oxygens (including phenoxy) is 1. The van der Waals surface area contributed by atoms with Crippen LogP contribution in [-0.4, -0.2) is 32.7 Å². The lowest BCUT2D eigenvalue weighted by molar-refractivity contribution is 0.0730. The number of benzene rings is 3. The Morgan fingerprint density at radius 2 is 1.71 bits per heavy atom. The molecule has 1 aromatic heterocycles. The van der Waals surface area contributed by atoms with E-state index >= 15 is 0 Å². The zero-order valence-corrected chi connectivity index (χ0v) is 19.8. The van der Waals surface area contributed by atoms with Crippen molar-refractivity contribution in [1.82, 2.24) is 15.1 Å². The molecule has 1 amide bonds. The summed E-state index contributed by atoms with van der Waals surface area (Å²) in [6.07, 6.45) is 0. The van der Waals surface area contributed by atoms with Crippen LogP contribution in [0.5, 0.6) is 11.5 Å². The molecule has 6 nitrogen and oxygen atoms in total. The van der Waals surface area contributed by atoms with Gasteiger partial charge < -0.3 is 14.7 Å². The average Bonchev–Trinajstić information content (AvgIpc) is 3.37. The Bertz CT molecular complexity index is 1350. The molecule has 0 saturated carbocycles. The summed E-state index contributed by atoms with van der Waals surface area (Å²) in [5.41, 5.74) is 4.48. The van der Waals surface area contributed by atoms with E-state index in [1.54, 1.807) is 47.4 Å². The van der Waals surface area contributed by atoms with Crippen LogP contribution >= 0.6 is 23.2 Å². The maximum absolute atomic E-state index is 13.6. The average molecular weight is 494 g/mol. The maximum atomic E-state index is 13.6. The molecule has 0 aliphatic carbocycles. The van der Waals surface area contributed by atoms with Crippen LogP contribution in [-0.2, 0) is 6.54 Å². The summed E-state index contributed by atoms with van der Waals surface area (Å²) >= 11 is 12.1. The van der Waals surface area contributed by atoms with Gasteiger partial charge in [-0.3, -0.25) is 9.89 Å². The molecule has 34 heavy (non-hydrogen) atoms. The highest BCUT2D eigenvalue weighted by molar-refractivity contribution is 6.30. The van der Waals surface area contributed by atoms with Gasteiger partial charge in [-0.15, -0.1) is 0 Å². The van der Waals surface area contributed by atoms with Gasteiger partial charge in [0.2, 0.25) is 0 Å². The first-order chi connectivity index (χ1) is 16.5. The van der Waals surface area contributed by atoms with E-state index in [9.17, 15) is 9.90 Å². The summed E-state index contributed by atoms with van der Waals surface area (Å²) in [6.45, 7) is 2.63. The van der Waals surface area contributed by atoms with E-state index in [0.717, 1.165) is 22.3 Å². The van der Waals surface area contributed by atoms with Crippen molar-refractivity contribution in [2.24, 2.45) is 0 Å². The summed E-state index contributed by atoms with van der Waals surface area (Å²) in [6, 6.07) is 19.5. The SMILES string of the molecule is CCOc1cc(C2c3c(-c4ccc(Cl)cc4)n[nH]c3C(=O)N2Cc2ccc(Cl)cc2)ccc1O. The van der Waals surface area contributed by atoms with Crippen molar-refractivity contribution in [3.05, 3.63) is 99.2 Å². The normalized spacial score (nSPS) is 15.0. The van der Waals surface area contributed by atoms with Crippen LogP contribution in [0.15, 0.2) is 66.7 Å². The number of hydrogen-bond acceptors (Lipinski definition) is 4. The van der Waals surface area contributed by atoms with E-state index in [4.69, 9.17) is 27.9 Å². The largest absolute Gasteiger partial charge is 0.504 e. The van der Waals surface area contributed by atoms with Crippen molar-refractivity contribution in [2.75, 3.05) is 6.61 Å². The van der Waals surface area contributed by atoms with Gasteiger partial charge in [-0.1, -0.05) is 53.5 Å². The number of nitrogens with one attached hydrogen (secondary N) is 1. The Hall–Kier alpha value is -3.48. The summed E-state index contributed by atoms with van der Waals surface area (Å²) in [5.74, 6) is 0.252. The molecule has 1 unspecified atom stereocenters. The molecule has 3 aromatic carbocycles. The highest BCUT2D eigenvalue weighted by Gasteiger charge is 2.42. The van der Waals surface area contributed by atoms with E-state index < -0.39 is 6.04 Å². The Balaban J connectivity index is 1.65. The number of phenolic OH excluding ortho intramolecular Hbond substituents is 1.